The van der Waals surface area contributed by atoms with Gasteiger partial charge in [0.1, 0.15) is 5.60 Å². The lowest BCUT2D eigenvalue weighted by molar-refractivity contribution is 0.00675. The number of amides is 1. The summed E-state index contributed by atoms with van der Waals surface area (Å²) in [6.07, 6.45) is 7.50. The predicted molar refractivity (Wildman–Crippen MR) is 102 cm³/mol. The van der Waals surface area contributed by atoms with Crippen molar-refractivity contribution in [2.75, 3.05) is 19.6 Å². The molecule has 2 rings (SSSR count). The third-order valence-electron chi connectivity index (χ3n) is 4.61. The Morgan fingerprint density at radius 3 is 2.84 bits per heavy atom. The summed E-state index contributed by atoms with van der Waals surface area (Å²) < 4.78 is 7.77. The highest BCUT2D eigenvalue weighted by Crippen LogP contribution is 2.29. The van der Waals surface area contributed by atoms with Gasteiger partial charge in [-0.3, -0.25) is 0 Å². The third kappa shape index (κ3) is 6.38. The average Bonchev–Trinajstić information content (AvgIpc) is 2.93. The van der Waals surface area contributed by atoms with Crippen molar-refractivity contribution < 1.29 is 9.53 Å². The average molecular weight is 350 g/mol. The van der Waals surface area contributed by atoms with Crippen LogP contribution in [0.3, 0.4) is 0 Å². The largest absolute Gasteiger partial charge is 0.444 e. The molecule has 1 aromatic rings. The van der Waals surface area contributed by atoms with E-state index < -0.39 is 5.60 Å². The fraction of sp³-hybridized carbons (Fsp3) is 0.750. The van der Waals surface area contributed by atoms with E-state index in [4.69, 9.17) is 4.74 Å². The molecule has 5 nitrogen and oxygen atoms in total. The Labute approximate surface area is 152 Å². The van der Waals surface area contributed by atoms with Crippen molar-refractivity contribution in [3.63, 3.8) is 0 Å². The maximum atomic E-state index is 12.3. The smallest absolute Gasteiger partial charge is 0.410 e. The van der Waals surface area contributed by atoms with Gasteiger partial charge in [0.2, 0.25) is 0 Å². The van der Waals surface area contributed by atoms with Crippen molar-refractivity contribution in [2.24, 2.45) is 5.41 Å². The number of carbonyl (C=O) groups excluding carboxylic acids is 1. The highest BCUT2D eigenvalue weighted by Gasteiger charge is 2.34. The number of nitrogens with one attached hydrogen (secondary N) is 1. The number of hydrogen-bond acceptors (Lipinski definition) is 3. The lowest BCUT2D eigenvalue weighted by Gasteiger charge is -2.41. The molecule has 0 aromatic carbocycles. The van der Waals surface area contributed by atoms with E-state index in [1.807, 2.05) is 25.7 Å². The van der Waals surface area contributed by atoms with Gasteiger partial charge >= 0.3 is 6.09 Å². The quantitative estimate of drug-likeness (QED) is 0.843. The van der Waals surface area contributed by atoms with E-state index in [1.54, 1.807) is 0 Å². The summed E-state index contributed by atoms with van der Waals surface area (Å²) >= 11 is 0. The highest BCUT2D eigenvalue weighted by molar-refractivity contribution is 5.68. The van der Waals surface area contributed by atoms with Gasteiger partial charge in [-0.15, -0.1) is 0 Å². The Bertz CT molecular complexity index is 562. The highest BCUT2D eigenvalue weighted by atomic mass is 16.6. The molecule has 1 unspecified atom stereocenters. The fourth-order valence-electron chi connectivity index (χ4n) is 3.44. The Kier molecular flexibility index (Phi) is 6.55. The van der Waals surface area contributed by atoms with E-state index in [2.05, 4.69) is 42.2 Å². The van der Waals surface area contributed by atoms with Gasteiger partial charge in [-0.05, 0) is 57.1 Å². The summed E-state index contributed by atoms with van der Waals surface area (Å²) in [5.74, 6) is 0. The van der Waals surface area contributed by atoms with Crippen molar-refractivity contribution in [3.05, 3.63) is 24.0 Å². The van der Waals surface area contributed by atoms with Gasteiger partial charge in [-0.2, -0.15) is 0 Å². The number of piperidine rings is 1. The third-order valence-corrected chi connectivity index (χ3v) is 4.61. The van der Waals surface area contributed by atoms with Gasteiger partial charge in [0.25, 0.3) is 0 Å². The minimum Gasteiger partial charge on any atom is -0.444 e. The second-order valence-electron chi connectivity index (χ2n) is 8.68. The van der Waals surface area contributed by atoms with Crippen LogP contribution in [0.15, 0.2) is 18.5 Å². The zero-order valence-corrected chi connectivity index (χ0v) is 16.6. The molecule has 0 aliphatic carbocycles. The van der Waals surface area contributed by atoms with Crippen LogP contribution in [-0.2, 0) is 17.8 Å². The first kappa shape index (κ1) is 19.8. The van der Waals surface area contributed by atoms with Gasteiger partial charge in [-0.1, -0.05) is 13.8 Å². The molecule has 1 aliphatic heterocycles. The molecule has 1 aliphatic rings. The standard InChI is InChI=1S/C20H35N3O2/c1-6-10-22-12-8-17(14-22)13-21-15-20(5)9-7-11-23(16-20)18(24)25-19(2,3)4/h8,12,14,21H,6-7,9-11,13,15-16H2,1-5H3. The Morgan fingerprint density at radius 1 is 1.40 bits per heavy atom. The molecule has 1 aromatic heterocycles. The summed E-state index contributed by atoms with van der Waals surface area (Å²) in [6.45, 7) is 14.6. The Balaban J connectivity index is 1.82. The number of aryl methyl sites for hydroxylation is 1. The normalized spacial score (nSPS) is 21.4. The molecule has 1 amide bonds. The van der Waals surface area contributed by atoms with Crippen LogP contribution in [0.25, 0.3) is 0 Å². The number of nitrogens with zero attached hydrogens (tertiary/aromatic N) is 2. The van der Waals surface area contributed by atoms with Gasteiger partial charge in [0, 0.05) is 45.1 Å². The fourth-order valence-corrected chi connectivity index (χ4v) is 3.44. The van der Waals surface area contributed by atoms with Crippen LogP contribution < -0.4 is 5.32 Å². The van der Waals surface area contributed by atoms with Gasteiger partial charge in [0.05, 0.1) is 0 Å². The number of carbonyl (C=O) groups is 1. The van der Waals surface area contributed by atoms with E-state index in [0.29, 0.717) is 0 Å². The zero-order valence-electron chi connectivity index (χ0n) is 16.6. The molecule has 0 bridgehead atoms. The molecule has 25 heavy (non-hydrogen) atoms. The predicted octanol–water partition coefficient (Wildman–Crippen LogP) is 4.02. The lowest BCUT2D eigenvalue weighted by atomic mass is 9.82. The minimum atomic E-state index is -0.436. The SMILES string of the molecule is CCCn1ccc(CNCC2(C)CCCN(C(=O)OC(C)(C)C)C2)c1. The van der Waals surface area contributed by atoms with Crippen molar-refractivity contribution in [3.8, 4) is 0 Å². The number of ether oxygens (including phenoxy) is 1. The van der Waals surface area contributed by atoms with Gasteiger partial charge < -0.3 is 19.5 Å². The number of likely N-dealkylation sites (tertiary alicyclic amines) is 1. The Morgan fingerprint density at radius 2 is 2.16 bits per heavy atom. The molecular weight excluding hydrogens is 314 g/mol. The first-order chi connectivity index (χ1) is 11.7. The second kappa shape index (κ2) is 8.26. The van der Waals surface area contributed by atoms with E-state index in [0.717, 1.165) is 52.0 Å². The molecular formula is C20H35N3O2. The first-order valence-electron chi connectivity index (χ1n) is 9.54. The van der Waals surface area contributed by atoms with Gasteiger partial charge in [-0.25, -0.2) is 4.79 Å². The molecule has 2 heterocycles. The van der Waals surface area contributed by atoms with Crippen LogP contribution in [0.1, 0.15) is 59.4 Å². The molecule has 1 N–H and O–H groups in total. The van der Waals surface area contributed by atoms with Crippen LogP contribution in [0.2, 0.25) is 0 Å². The van der Waals surface area contributed by atoms with Crippen LogP contribution >= 0.6 is 0 Å². The van der Waals surface area contributed by atoms with Crippen LogP contribution in [0.4, 0.5) is 4.79 Å². The topological polar surface area (TPSA) is 46.5 Å². The number of aromatic nitrogens is 1. The van der Waals surface area contributed by atoms with E-state index in [1.165, 1.54) is 5.56 Å². The van der Waals surface area contributed by atoms with Gasteiger partial charge in [0.15, 0.2) is 0 Å². The molecule has 0 radical (unpaired) electrons. The molecule has 0 spiro atoms. The molecule has 1 saturated heterocycles. The van der Waals surface area contributed by atoms with Crippen LogP contribution in [0, 0.1) is 5.41 Å². The summed E-state index contributed by atoms with van der Waals surface area (Å²) in [5.41, 5.74) is 0.979. The number of rotatable bonds is 6. The number of hydrogen-bond donors (Lipinski definition) is 1. The van der Waals surface area contributed by atoms with Crippen molar-refractivity contribution in [2.45, 2.75) is 72.6 Å². The summed E-state index contributed by atoms with van der Waals surface area (Å²) in [7, 11) is 0. The summed E-state index contributed by atoms with van der Waals surface area (Å²) in [5, 5.41) is 3.58. The molecule has 142 valence electrons. The van der Waals surface area contributed by atoms with Crippen LogP contribution in [0.5, 0.6) is 0 Å². The molecule has 1 atom stereocenters. The lowest BCUT2D eigenvalue weighted by Crippen LogP contribution is -2.50. The van der Waals surface area contributed by atoms with E-state index >= 15 is 0 Å². The van der Waals surface area contributed by atoms with Crippen molar-refractivity contribution in [1.82, 2.24) is 14.8 Å². The summed E-state index contributed by atoms with van der Waals surface area (Å²) in [4.78, 5) is 14.2. The summed E-state index contributed by atoms with van der Waals surface area (Å²) in [6, 6.07) is 2.18. The molecule has 0 saturated carbocycles. The second-order valence-corrected chi connectivity index (χ2v) is 8.68. The first-order valence-corrected chi connectivity index (χ1v) is 9.54. The minimum absolute atomic E-state index is 0.0984. The maximum absolute atomic E-state index is 12.3. The van der Waals surface area contributed by atoms with Crippen LogP contribution in [-0.4, -0.2) is 40.8 Å². The monoisotopic (exact) mass is 349 g/mol. The zero-order chi connectivity index (χ0) is 18.5. The van der Waals surface area contributed by atoms with E-state index in [-0.39, 0.29) is 11.5 Å². The molecule has 1 fully saturated rings. The molecule has 5 heteroatoms. The van der Waals surface area contributed by atoms with Crippen molar-refractivity contribution in [1.29, 1.82) is 0 Å². The Hall–Kier alpha value is -1.49. The maximum Gasteiger partial charge on any atom is 0.410 e. The van der Waals surface area contributed by atoms with Crippen molar-refractivity contribution >= 4 is 6.09 Å². The van der Waals surface area contributed by atoms with E-state index in [9.17, 15) is 4.79 Å².